The van der Waals surface area contributed by atoms with E-state index in [1.165, 1.54) is 42.3 Å². The molecule has 1 fully saturated rings. The number of benzene rings is 3. The molecule has 3 atom stereocenters. The molecule has 11 heteroatoms. The molecule has 2 aliphatic heterocycles. The Kier molecular flexibility index (Phi) is 8.31. The second-order valence-electron chi connectivity index (χ2n) is 10.3. The smallest absolute Gasteiger partial charge is 0.309 e. The minimum absolute atomic E-state index is 0.0323. The number of hydrogen-bond acceptors (Lipinski definition) is 6. The molecule has 0 radical (unpaired) electrons. The Morgan fingerprint density at radius 1 is 0.976 bits per heavy atom. The van der Waals surface area contributed by atoms with Crippen LogP contribution in [0.1, 0.15) is 48.1 Å². The normalized spacial score (nSPS) is 19.6. The van der Waals surface area contributed by atoms with Crippen molar-refractivity contribution >= 4 is 17.6 Å². The van der Waals surface area contributed by atoms with Crippen LogP contribution < -0.4 is 19.5 Å². The lowest BCUT2D eigenvalue weighted by atomic mass is 9.82. The SMILES string of the molecule is CCc1cc(F)cc(CC)c1NC(=O)CN1C[C@H](c2cc3c(cc2F)OCO3)[C@@H](C(=O)O)[C@@H]1c1ccc(OC)cc1F. The second kappa shape index (κ2) is 11.9. The third kappa shape index (κ3) is 5.48. The Hall–Kier alpha value is -4.25. The van der Waals surface area contributed by atoms with E-state index in [4.69, 9.17) is 14.2 Å². The predicted molar refractivity (Wildman–Crippen MR) is 147 cm³/mol. The summed E-state index contributed by atoms with van der Waals surface area (Å²) >= 11 is 0. The van der Waals surface area contributed by atoms with Gasteiger partial charge in [-0.2, -0.15) is 0 Å². The van der Waals surface area contributed by atoms with E-state index in [0.29, 0.717) is 29.7 Å². The van der Waals surface area contributed by atoms with Crippen LogP contribution in [0.3, 0.4) is 0 Å². The summed E-state index contributed by atoms with van der Waals surface area (Å²) in [6.07, 6.45) is 0.937. The Morgan fingerprint density at radius 3 is 2.21 bits per heavy atom. The first-order valence-electron chi connectivity index (χ1n) is 13.7. The molecule has 1 saturated heterocycles. The first-order valence-corrected chi connectivity index (χ1v) is 13.7. The van der Waals surface area contributed by atoms with E-state index in [9.17, 15) is 19.1 Å². The van der Waals surface area contributed by atoms with Crippen LogP contribution in [0.15, 0.2) is 42.5 Å². The minimum Gasteiger partial charge on any atom is -0.497 e. The van der Waals surface area contributed by atoms with Gasteiger partial charge in [0.1, 0.15) is 23.2 Å². The summed E-state index contributed by atoms with van der Waals surface area (Å²) in [5.41, 5.74) is 1.82. The summed E-state index contributed by atoms with van der Waals surface area (Å²) in [4.78, 5) is 27.8. The van der Waals surface area contributed by atoms with E-state index in [1.54, 1.807) is 0 Å². The van der Waals surface area contributed by atoms with Crippen LogP contribution >= 0.6 is 0 Å². The molecule has 2 N–H and O–H groups in total. The topological polar surface area (TPSA) is 97.3 Å². The van der Waals surface area contributed by atoms with E-state index >= 15 is 8.78 Å². The summed E-state index contributed by atoms with van der Waals surface area (Å²) in [7, 11) is 1.38. The number of carbonyl (C=O) groups is 2. The lowest BCUT2D eigenvalue weighted by molar-refractivity contribution is -0.143. The van der Waals surface area contributed by atoms with Crippen LogP contribution in [0.2, 0.25) is 0 Å². The van der Waals surface area contributed by atoms with Gasteiger partial charge in [0.05, 0.1) is 25.6 Å². The van der Waals surface area contributed by atoms with E-state index in [2.05, 4.69) is 5.32 Å². The standard InChI is InChI=1S/C31H31F3N2O6/c1-4-16-8-18(32)9-17(5-2)29(16)35-27(37)14-36-13-22(21-11-25-26(12-24(21)34)42-15-41-25)28(31(38)39)30(36)20-7-6-19(40-3)10-23(20)33/h6-12,22,28,30H,4-5,13-15H2,1-3H3,(H,35,37)(H,38,39)/t22-,28-,30+/m1/s1. The van der Waals surface area contributed by atoms with Crippen molar-refractivity contribution < 1.29 is 42.1 Å². The van der Waals surface area contributed by atoms with Gasteiger partial charge < -0.3 is 24.6 Å². The van der Waals surface area contributed by atoms with Gasteiger partial charge in [-0.15, -0.1) is 0 Å². The highest BCUT2D eigenvalue weighted by molar-refractivity contribution is 5.94. The number of rotatable bonds is 9. The summed E-state index contributed by atoms with van der Waals surface area (Å²) in [6.45, 7) is 3.19. The number of aryl methyl sites for hydroxylation is 2. The number of anilines is 1. The quantitative estimate of drug-likeness (QED) is 0.346. The number of fused-ring (bicyclic) bond motifs is 1. The molecule has 42 heavy (non-hydrogen) atoms. The number of nitrogens with one attached hydrogen (secondary N) is 1. The van der Waals surface area contributed by atoms with Crippen molar-refractivity contribution in [1.82, 2.24) is 4.90 Å². The van der Waals surface area contributed by atoms with Crippen LogP contribution in [0.5, 0.6) is 17.2 Å². The van der Waals surface area contributed by atoms with Crippen molar-refractivity contribution in [2.75, 3.05) is 32.3 Å². The van der Waals surface area contributed by atoms with Crippen molar-refractivity contribution in [3.8, 4) is 17.2 Å². The Balaban J connectivity index is 1.54. The molecule has 8 nitrogen and oxygen atoms in total. The van der Waals surface area contributed by atoms with Gasteiger partial charge in [0.25, 0.3) is 0 Å². The third-order valence-electron chi connectivity index (χ3n) is 7.94. The third-order valence-corrected chi connectivity index (χ3v) is 7.94. The molecule has 2 aliphatic rings. The summed E-state index contributed by atoms with van der Waals surface area (Å²) < 4.78 is 60.7. The zero-order valence-corrected chi connectivity index (χ0v) is 23.4. The van der Waals surface area contributed by atoms with Gasteiger partial charge in [0.15, 0.2) is 11.5 Å². The van der Waals surface area contributed by atoms with Gasteiger partial charge in [0.2, 0.25) is 12.7 Å². The molecule has 3 aromatic rings. The van der Waals surface area contributed by atoms with Crippen LogP contribution in [0.25, 0.3) is 0 Å². The number of hydrogen-bond donors (Lipinski definition) is 2. The highest BCUT2D eigenvalue weighted by atomic mass is 19.1. The lowest BCUT2D eigenvalue weighted by Crippen LogP contribution is -2.36. The minimum atomic E-state index is -1.32. The molecule has 0 aliphatic carbocycles. The molecular weight excluding hydrogens is 553 g/mol. The van der Waals surface area contributed by atoms with Crippen molar-refractivity contribution in [2.24, 2.45) is 5.92 Å². The maximum absolute atomic E-state index is 15.5. The number of carboxylic acid groups (broad SMARTS) is 1. The maximum atomic E-state index is 15.5. The van der Waals surface area contributed by atoms with Crippen molar-refractivity contribution in [1.29, 1.82) is 0 Å². The number of carboxylic acids is 1. The van der Waals surface area contributed by atoms with E-state index in [0.717, 1.165) is 12.1 Å². The Labute approximate surface area is 241 Å². The van der Waals surface area contributed by atoms with Crippen LogP contribution in [-0.4, -0.2) is 48.9 Å². The van der Waals surface area contributed by atoms with Gasteiger partial charge in [-0.3, -0.25) is 14.5 Å². The number of aliphatic carboxylic acids is 1. The number of likely N-dealkylation sites (tertiary alicyclic amines) is 1. The molecule has 2 heterocycles. The fourth-order valence-corrected chi connectivity index (χ4v) is 5.98. The molecule has 0 spiro atoms. The monoisotopic (exact) mass is 584 g/mol. The number of ether oxygens (including phenoxy) is 3. The molecule has 0 unspecified atom stereocenters. The first-order chi connectivity index (χ1) is 20.1. The number of nitrogens with zero attached hydrogens (tertiary/aromatic N) is 1. The molecule has 5 rings (SSSR count). The molecule has 0 saturated carbocycles. The van der Waals surface area contributed by atoms with E-state index < -0.39 is 47.2 Å². The second-order valence-corrected chi connectivity index (χ2v) is 10.3. The fraction of sp³-hybridized carbons (Fsp3) is 0.355. The van der Waals surface area contributed by atoms with Crippen LogP contribution in [0, 0.1) is 23.4 Å². The Bertz CT molecular complexity index is 1510. The van der Waals surface area contributed by atoms with E-state index in [1.807, 2.05) is 13.8 Å². The van der Waals surface area contributed by atoms with Gasteiger partial charge >= 0.3 is 5.97 Å². The number of methoxy groups -OCH3 is 1. The largest absolute Gasteiger partial charge is 0.497 e. The molecule has 0 bridgehead atoms. The Morgan fingerprint density at radius 2 is 1.62 bits per heavy atom. The van der Waals surface area contributed by atoms with Gasteiger partial charge in [-0.25, -0.2) is 13.2 Å². The lowest BCUT2D eigenvalue weighted by Gasteiger charge is -2.27. The summed E-state index contributed by atoms with van der Waals surface area (Å²) in [5.74, 6) is -5.17. The number of amides is 1. The summed E-state index contributed by atoms with van der Waals surface area (Å²) in [5, 5.41) is 13.3. The van der Waals surface area contributed by atoms with Crippen LogP contribution in [0.4, 0.5) is 18.9 Å². The zero-order valence-electron chi connectivity index (χ0n) is 23.4. The molecular formula is C31H31F3N2O6. The average Bonchev–Trinajstić information content (AvgIpc) is 3.57. The van der Waals surface area contributed by atoms with Gasteiger partial charge in [0, 0.05) is 35.8 Å². The molecule has 0 aromatic heterocycles. The summed E-state index contributed by atoms with van der Waals surface area (Å²) in [6, 6.07) is 8.20. The first kappa shape index (κ1) is 29.2. The van der Waals surface area contributed by atoms with Crippen molar-refractivity contribution in [3.63, 3.8) is 0 Å². The fourth-order valence-electron chi connectivity index (χ4n) is 5.98. The highest BCUT2D eigenvalue weighted by Gasteiger charge is 2.49. The average molecular weight is 585 g/mol. The molecule has 222 valence electrons. The van der Waals surface area contributed by atoms with Crippen LogP contribution in [-0.2, 0) is 22.4 Å². The van der Waals surface area contributed by atoms with Crippen molar-refractivity contribution in [3.05, 3.63) is 82.2 Å². The number of carbonyl (C=O) groups excluding carboxylic acids is 1. The van der Waals surface area contributed by atoms with Gasteiger partial charge in [-0.05, 0) is 53.8 Å². The highest BCUT2D eigenvalue weighted by Crippen LogP contribution is 2.49. The molecule has 1 amide bonds. The maximum Gasteiger partial charge on any atom is 0.309 e. The predicted octanol–water partition coefficient (Wildman–Crippen LogP) is 5.45. The van der Waals surface area contributed by atoms with Gasteiger partial charge in [-0.1, -0.05) is 19.9 Å². The molecule has 3 aromatic carbocycles. The zero-order chi connectivity index (χ0) is 30.1. The van der Waals surface area contributed by atoms with Crippen molar-refractivity contribution in [2.45, 2.75) is 38.6 Å². The van der Waals surface area contributed by atoms with E-state index in [-0.39, 0.29) is 48.3 Å². The number of halogens is 3.